The first-order valence-corrected chi connectivity index (χ1v) is 7.39. The Bertz CT molecular complexity index is 957. The number of hydrogen-bond acceptors (Lipinski definition) is 4. The number of nitrogens with one attached hydrogen (secondary N) is 1. The molecule has 0 radical (unpaired) electrons. The van der Waals surface area contributed by atoms with E-state index in [1.165, 1.54) is 0 Å². The molecule has 0 bridgehead atoms. The Balaban J connectivity index is 1.98. The topological polar surface area (TPSA) is 103 Å². The van der Waals surface area contributed by atoms with E-state index < -0.39 is 5.91 Å². The normalized spacial score (nSPS) is 10.8. The number of rotatable bonds is 3. The molecule has 0 aliphatic carbocycles. The highest BCUT2D eigenvalue weighted by atomic mass is 16.2. The Morgan fingerprint density at radius 1 is 1.17 bits per heavy atom. The molecule has 24 heavy (non-hydrogen) atoms. The molecule has 0 spiro atoms. The number of amides is 2. The van der Waals surface area contributed by atoms with Crippen molar-refractivity contribution < 1.29 is 9.59 Å². The molecular formula is C17H17N5O2. The average molecular weight is 323 g/mol. The van der Waals surface area contributed by atoms with Crippen LogP contribution in [0.25, 0.3) is 11.0 Å². The summed E-state index contributed by atoms with van der Waals surface area (Å²) in [4.78, 5) is 28.2. The van der Waals surface area contributed by atoms with Crippen LogP contribution in [0.5, 0.6) is 0 Å². The van der Waals surface area contributed by atoms with E-state index in [0.717, 1.165) is 16.8 Å². The van der Waals surface area contributed by atoms with Crippen molar-refractivity contribution in [2.45, 2.75) is 13.8 Å². The average Bonchev–Trinajstić information content (AvgIpc) is 2.81. The third-order valence-electron chi connectivity index (χ3n) is 3.77. The minimum atomic E-state index is -0.509. The Kier molecular flexibility index (Phi) is 3.76. The summed E-state index contributed by atoms with van der Waals surface area (Å²) in [6, 6.07) is 8.16. The fraction of sp³-hybridized carbons (Fsp3) is 0.176. The van der Waals surface area contributed by atoms with Gasteiger partial charge >= 0.3 is 0 Å². The first-order chi connectivity index (χ1) is 11.4. The number of hydrogen-bond donors (Lipinski definition) is 2. The SMILES string of the molecule is Cc1cc(C(=O)Nc2ccc(C(N)=O)cc2)c2c(C)nn(C)c2n1. The summed E-state index contributed by atoms with van der Waals surface area (Å²) >= 11 is 0. The molecule has 2 heterocycles. The van der Waals surface area contributed by atoms with Gasteiger partial charge in [-0.25, -0.2) is 4.98 Å². The molecule has 3 aromatic rings. The van der Waals surface area contributed by atoms with Crippen molar-refractivity contribution in [1.29, 1.82) is 0 Å². The second-order valence-corrected chi connectivity index (χ2v) is 5.61. The van der Waals surface area contributed by atoms with Crippen molar-refractivity contribution in [3.63, 3.8) is 0 Å². The Labute approximate surface area is 138 Å². The summed E-state index contributed by atoms with van der Waals surface area (Å²) in [6.45, 7) is 3.68. The van der Waals surface area contributed by atoms with Crippen LogP contribution in [0.2, 0.25) is 0 Å². The summed E-state index contributed by atoms with van der Waals surface area (Å²) in [6.07, 6.45) is 0. The zero-order valence-electron chi connectivity index (χ0n) is 13.6. The van der Waals surface area contributed by atoms with E-state index in [4.69, 9.17) is 5.73 Å². The van der Waals surface area contributed by atoms with E-state index in [9.17, 15) is 9.59 Å². The predicted molar refractivity (Wildman–Crippen MR) is 90.9 cm³/mol. The highest BCUT2D eigenvalue weighted by molar-refractivity contribution is 6.12. The van der Waals surface area contributed by atoms with Crippen molar-refractivity contribution in [2.24, 2.45) is 12.8 Å². The standard InChI is InChI=1S/C17H17N5O2/c1-9-8-13(14-10(2)21-22(3)16(14)19-9)17(24)20-12-6-4-11(5-7-12)15(18)23/h4-8H,1-3H3,(H2,18,23)(H,20,24). The smallest absolute Gasteiger partial charge is 0.256 e. The molecule has 0 aliphatic heterocycles. The molecule has 1 aromatic carbocycles. The van der Waals surface area contributed by atoms with Gasteiger partial charge in [0.25, 0.3) is 5.91 Å². The van der Waals surface area contributed by atoms with Crippen LogP contribution in [-0.4, -0.2) is 26.6 Å². The quantitative estimate of drug-likeness (QED) is 0.768. The van der Waals surface area contributed by atoms with Crippen molar-refractivity contribution in [3.8, 4) is 0 Å². The molecule has 2 amide bonds. The van der Waals surface area contributed by atoms with Crippen LogP contribution in [0.3, 0.4) is 0 Å². The van der Waals surface area contributed by atoms with E-state index in [2.05, 4.69) is 15.4 Å². The molecule has 2 aromatic heterocycles. The fourth-order valence-electron chi connectivity index (χ4n) is 2.67. The van der Waals surface area contributed by atoms with Gasteiger partial charge in [0.2, 0.25) is 5.91 Å². The number of pyridine rings is 1. The van der Waals surface area contributed by atoms with Crippen LogP contribution in [0.1, 0.15) is 32.1 Å². The highest BCUT2D eigenvalue weighted by Crippen LogP contribution is 2.22. The molecule has 0 fully saturated rings. The van der Waals surface area contributed by atoms with Crippen LogP contribution in [0.15, 0.2) is 30.3 Å². The number of primary amides is 1. The van der Waals surface area contributed by atoms with Crippen molar-refractivity contribution in [1.82, 2.24) is 14.8 Å². The largest absolute Gasteiger partial charge is 0.366 e. The van der Waals surface area contributed by atoms with E-state index in [-0.39, 0.29) is 5.91 Å². The number of carbonyl (C=O) groups excluding carboxylic acids is 2. The van der Waals surface area contributed by atoms with Crippen LogP contribution >= 0.6 is 0 Å². The first kappa shape index (κ1) is 15.7. The van der Waals surface area contributed by atoms with Gasteiger partial charge in [0, 0.05) is 24.0 Å². The number of nitrogens with two attached hydrogens (primary N) is 1. The molecule has 7 nitrogen and oxygen atoms in total. The van der Waals surface area contributed by atoms with Crippen molar-refractivity contribution in [3.05, 3.63) is 52.8 Å². The predicted octanol–water partition coefficient (Wildman–Crippen LogP) is 1.94. The van der Waals surface area contributed by atoms with Crippen LogP contribution < -0.4 is 11.1 Å². The lowest BCUT2D eigenvalue weighted by molar-refractivity contribution is 0.0998. The Morgan fingerprint density at radius 3 is 2.46 bits per heavy atom. The van der Waals surface area contributed by atoms with E-state index >= 15 is 0 Å². The summed E-state index contributed by atoms with van der Waals surface area (Å²) in [5.41, 5.74) is 8.84. The van der Waals surface area contributed by atoms with Gasteiger partial charge in [-0.05, 0) is 44.2 Å². The first-order valence-electron chi connectivity index (χ1n) is 7.39. The number of nitrogens with zero attached hydrogens (tertiary/aromatic N) is 3. The number of aryl methyl sites for hydroxylation is 3. The molecular weight excluding hydrogens is 306 g/mol. The number of anilines is 1. The van der Waals surface area contributed by atoms with Gasteiger partial charge in [0.05, 0.1) is 16.6 Å². The molecule has 0 saturated heterocycles. The molecule has 0 atom stereocenters. The lowest BCUT2D eigenvalue weighted by Gasteiger charge is -2.08. The third-order valence-corrected chi connectivity index (χ3v) is 3.77. The second-order valence-electron chi connectivity index (χ2n) is 5.61. The lowest BCUT2D eigenvalue weighted by Crippen LogP contribution is -2.14. The maximum atomic E-state index is 12.7. The zero-order chi connectivity index (χ0) is 17.4. The number of carbonyl (C=O) groups is 2. The lowest BCUT2D eigenvalue weighted by atomic mass is 10.1. The Morgan fingerprint density at radius 2 is 1.83 bits per heavy atom. The minimum Gasteiger partial charge on any atom is -0.366 e. The molecule has 3 N–H and O–H groups in total. The summed E-state index contributed by atoms with van der Waals surface area (Å²) < 4.78 is 1.66. The highest BCUT2D eigenvalue weighted by Gasteiger charge is 2.17. The van der Waals surface area contributed by atoms with Gasteiger partial charge in [-0.3, -0.25) is 14.3 Å². The molecule has 7 heteroatoms. The maximum absolute atomic E-state index is 12.7. The van der Waals surface area contributed by atoms with Crippen LogP contribution in [0.4, 0.5) is 5.69 Å². The maximum Gasteiger partial charge on any atom is 0.256 e. The van der Waals surface area contributed by atoms with Gasteiger partial charge in [-0.15, -0.1) is 0 Å². The van der Waals surface area contributed by atoms with Crippen LogP contribution in [0, 0.1) is 13.8 Å². The monoisotopic (exact) mass is 323 g/mol. The summed E-state index contributed by atoms with van der Waals surface area (Å²) in [5, 5.41) is 7.89. The molecule has 0 aliphatic rings. The number of aromatic nitrogens is 3. The van der Waals surface area contributed by atoms with Gasteiger partial charge in [0.1, 0.15) is 0 Å². The minimum absolute atomic E-state index is 0.256. The fourth-order valence-corrected chi connectivity index (χ4v) is 2.67. The van der Waals surface area contributed by atoms with E-state index in [1.807, 2.05) is 13.8 Å². The van der Waals surface area contributed by atoms with Gasteiger partial charge < -0.3 is 11.1 Å². The molecule has 0 saturated carbocycles. The van der Waals surface area contributed by atoms with Crippen molar-refractivity contribution in [2.75, 3.05) is 5.32 Å². The third kappa shape index (κ3) is 2.71. The van der Waals surface area contributed by atoms with Gasteiger partial charge in [0.15, 0.2) is 5.65 Å². The van der Waals surface area contributed by atoms with E-state index in [0.29, 0.717) is 22.5 Å². The van der Waals surface area contributed by atoms with Gasteiger partial charge in [-0.1, -0.05) is 0 Å². The van der Waals surface area contributed by atoms with Crippen LogP contribution in [-0.2, 0) is 7.05 Å². The summed E-state index contributed by atoms with van der Waals surface area (Å²) in [5.74, 6) is -0.765. The molecule has 0 unspecified atom stereocenters. The molecule has 3 rings (SSSR count). The zero-order valence-corrected chi connectivity index (χ0v) is 13.6. The van der Waals surface area contributed by atoms with Gasteiger partial charge in [-0.2, -0.15) is 5.10 Å². The Hall–Kier alpha value is -3.22. The van der Waals surface area contributed by atoms with E-state index in [1.54, 1.807) is 42.1 Å². The number of fused-ring (bicyclic) bond motifs is 1. The number of benzene rings is 1. The van der Waals surface area contributed by atoms with Crippen molar-refractivity contribution >= 4 is 28.5 Å². The molecule has 122 valence electrons. The second kappa shape index (κ2) is 5.77. The summed E-state index contributed by atoms with van der Waals surface area (Å²) in [7, 11) is 1.80.